The fourth-order valence-corrected chi connectivity index (χ4v) is 3.92. The van der Waals surface area contributed by atoms with Crippen LogP contribution in [0, 0.1) is 6.92 Å². The number of nitrogens with zero attached hydrogens (tertiary/aromatic N) is 4. The Balaban J connectivity index is 1.54. The van der Waals surface area contributed by atoms with Gasteiger partial charge in [-0.05, 0) is 23.6 Å². The van der Waals surface area contributed by atoms with E-state index < -0.39 is 6.09 Å². The number of likely N-dealkylation sites (N-methyl/N-ethyl adjacent to an activating group) is 1. The Morgan fingerprint density at radius 1 is 1.28 bits per heavy atom. The van der Waals surface area contributed by atoms with Gasteiger partial charge in [-0.2, -0.15) is 4.98 Å². The number of likely N-dealkylation sites (tertiary alicyclic amines) is 1. The van der Waals surface area contributed by atoms with E-state index in [1.165, 1.54) is 0 Å². The van der Waals surface area contributed by atoms with Crippen LogP contribution in [-0.2, 0) is 11.3 Å². The summed E-state index contributed by atoms with van der Waals surface area (Å²) < 4.78 is 10.7. The van der Waals surface area contributed by atoms with Gasteiger partial charge in [-0.1, -0.05) is 53.7 Å². The van der Waals surface area contributed by atoms with Crippen molar-refractivity contribution in [2.45, 2.75) is 32.1 Å². The smallest absolute Gasteiger partial charge is 0.410 e. The Kier molecular flexibility index (Phi) is 6.82. The molecule has 1 amide bonds. The fourth-order valence-electron chi connectivity index (χ4n) is 3.92. The van der Waals surface area contributed by atoms with Gasteiger partial charge in [0.1, 0.15) is 6.61 Å². The van der Waals surface area contributed by atoms with Crippen LogP contribution < -0.4 is 0 Å². The first-order valence-electron chi connectivity index (χ1n) is 10.7. The maximum atomic E-state index is 12.9. The van der Waals surface area contributed by atoms with Crippen molar-refractivity contribution in [2.75, 3.05) is 26.7 Å². The largest absolute Gasteiger partial charge is 0.445 e. The molecule has 3 aromatic rings. The molecule has 0 radical (unpaired) electrons. The molecule has 1 aliphatic rings. The molecular formula is C24H28N4O4. The zero-order chi connectivity index (χ0) is 22.5. The second-order valence-corrected chi connectivity index (χ2v) is 8.13. The molecule has 4 rings (SSSR count). The Morgan fingerprint density at radius 2 is 2.09 bits per heavy atom. The van der Waals surface area contributed by atoms with Gasteiger partial charge in [-0.25, -0.2) is 4.79 Å². The normalized spacial score (nSPS) is 17.3. The van der Waals surface area contributed by atoms with E-state index in [1.54, 1.807) is 18.9 Å². The minimum Gasteiger partial charge on any atom is -0.445 e. The third-order valence-corrected chi connectivity index (χ3v) is 5.70. The zero-order valence-electron chi connectivity index (χ0n) is 18.3. The number of aliphatic hydroxyl groups excluding tert-OH is 1. The summed E-state index contributed by atoms with van der Waals surface area (Å²) in [6, 6.07) is 17.1. The number of rotatable bonds is 7. The lowest BCUT2D eigenvalue weighted by atomic mass is 10.0. The number of aryl methyl sites for hydroxylation is 1. The average Bonchev–Trinajstić information content (AvgIpc) is 3.44. The van der Waals surface area contributed by atoms with Gasteiger partial charge in [0, 0.05) is 39.2 Å². The van der Waals surface area contributed by atoms with Gasteiger partial charge in [0.05, 0.1) is 12.1 Å². The molecule has 2 heterocycles. The van der Waals surface area contributed by atoms with Crippen molar-refractivity contribution in [1.29, 1.82) is 0 Å². The summed E-state index contributed by atoms with van der Waals surface area (Å²) in [5.41, 5.74) is 2.69. The van der Waals surface area contributed by atoms with Gasteiger partial charge >= 0.3 is 6.09 Å². The number of hydrogen-bond donors (Lipinski definition) is 1. The molecule has 168 valence electrons. The third-order valence-electron chi connectivity index (χ3n) is 5.70. The van der Waals surface area contributed by atoms with E-state index in [9.17, 15) is 9.90 Å². The van der Waals surface area contributed by atoms with E-state index in [0.717, 1.165) is 29.7 Å². The summed E-state index contributed by atoms with van der Waals surface area (Å²) in [6.45, 7) is 3.92. The molecule has 1 fully saturated rings. The van der Waals surface area contributed by atoms with Crippen LogP contribution in [0.15, 0.2) is 59.1 Å². The van der Waals surface area contributed by atoms with Crippen LogP contribution in [0.1, 0.15) is 29.5 Å². The van der Waals surface area contributed by atoms with Gasteiger partial charge < -0.3 is 19.3 Å². The van der Waals surface area contributed by atoms with E-state index in [-0.39, 0.29) is 18.8 Å². The lowest BCUT2D eigenvalue weighted by molar-refractivity contribution is 0.0817. The van der Waals surface area contributed by atoms with Crippen molar-refractivity contribution in [3.05, 3.63) is 71.6 Å². The molecule has 8 heteroatoms. The highest BCUT2D eigenvalue weighted by Crippen LogP contribution is 2.27. The highest BCUT2D eigenvalue weighted by molar-refractivity contribution is 5.68. The van der Waals surface area contributed by atoms with Gasteiger partial charge in [-0.15, -0.1) is 0 Å². The summed E-state index contributed by atoms with van der Waals surface area (Å²) in [6.07, 6.45) is -0.00381. The Morgan fingerprint density at radius 3 is 2.78 bits per heavy atom. The predicted molar refractivity (Wildman–Crippen MR) is 119 cm³/mol. The SMILES string of the molecule is Cc1nc(-c2cccc(C(CN3CC[C@@H](O)C3)N(C)C(=O)OCc3ccccc3)c2)no1. The molecule has 0 bridgehead atoms. The number of aliphatic hydroxyl groups is 1. The van der Waals surface area contributed by atoms with Crippen molar-refractivity contribution in [3.63, 3.8) is 0 Å². The predicted octanol–water partition coefficient (Wildman–Crippen LogP) is 3.42. The Bertz CT molecular complexity index is 1040. The molecule has 1 aliphatic heterocycles. The minimum absolute atomic E-state index is 0.210. The van der Waals surface area contributed by atoms with E-state index in [1.807, 2.05) is 54.6 Å². The molecule has 1 N–H and O–H groups in total. The summed E-state index contributed by atoms with van der Waals surface area (Å²) in [5, 5.41) is 14.0. The quantitative estimate of drug-likeness (QED) is 0.607. The molecule has 1 aromatic heterocycles. The fraction of sp³-hybridized carbons (Fsp3) is 0.375. The van der Waals surface area contributed by atoms with Crippen molar-refractivity contribution >= 4 is 6.09 Å². The zero-order valence-corrected chi connectivity index (χ0v) is 18.3. The maximum absolute atomic E-state index is 12.9. The van der Waals surface area contributed by atoms with Crippen molar-refractivity contribution < 1.29 is 19.2 Å². The number of β-amino-alcohol motifs (C(OH)–C–C–N with tert-alkyl or cyclic N) is 1. The van der Waals surface area contributed by atoms with E-state index >= 15 is 0 Å². The van der Waals surface area contributed by atoms with Crippen molar-refractivity contribution in [1.82, 2.24) is 19.9 Å². The molecule has 8 nitrogen and oxygen atoms in total. The van der Waals surface area contributed by atoms with Crippen LogP contribution in [0.25, 0.3) is 11.4 Å². The lowest BCUT2D eigenvalue weighted by Crippen LogP contribution is -2.39. The number of hydrogen-bond acceptors (Lipinski definition) is 7. The maximum Gasteiger partial charge on any atom is 0.410 e. The monoisotopic (exact) mass is 436 g/mol. The minimum atomic E-state index is -0.403. The second kappa shape index (κ2) is 9.93. The van der Waals surface area contributed by atoms with Crippen LogP contribution in [0.4, 0.5) is 4.79 Å². The van der Waals surface area contributed by atoms with E-state index in [4.69, 9.17) is 9.26 Å². The number of ether oxygens (including phenoxy) is 1. The third kappa shape index (κ3) is 5.33. The van der Waals surface area contributed by atoms with Gasteiger partial charge in [-0.3, -0.25) is 4.90 Å². The number of amides is 1. The number of aromatic nitrogens is 2. The molecule has 0 spiro atoms. The van der Waals surface area contributed by atoms with Crippen LogP contribution in [0.2, 0.25) is 0 Å². The highest BCUT2D eigenvalue weighted by Gasteiger charge is 2.29. The first-order valence-corrected chi connectivity index (χ1v) is 10.7. The summed E-state index contributed by atoms with van der Waals surface area (Å²) >= 11 is 0. The molecule has 2 atom stereocenters. The Hall–Kier alpha value is -3.23. The summed E-state index contributed by atoms with van der Waals surface area (Å²) in [7, 11) is 1.75. The van der Waals surface area contributed by atoms with Crippen molar-refractivity contribution in [2.24, 2.45) is 0 Å². The second-order valence-electron chi connectivity index (χ2n) is 8.13. The Labute approximate surface area is 187 Å². The summed E-state index contributed by atoms with van der Waals surface area (Å²) in [5.74, 6) is 1.00. The van der Waals surface area contributed by atoms with Crippen molar-refractivity contribution in [3.8, 4) is 11.4 Å². The lowest BCUT2D eigenvalue weighted by Gasteiger charge is -2.31. The number of carbonyl (C=O) groups excluding carboxylic acids is 1. The van der Waals surface area contributed by atoms with Crippen LogP contribution in [0.5, 0.6) is 0 Å². The van der Waals surface area contributed by atoms with E-state index in [2.05, 4.69) is 15.0 Å². The first-order chi connectivity index (χ1) is 15.5. The van der Waals surface area contributed by atoms with Crippen LogP contribution >= 0.6 is 0 Å². The van der Waals surface area contributed by atoms with Gasteiger partial charge in [0.25, 0.3) is 0 Å². The van der Waals surface area contributed by atoms with Gasteiger partial charge in [0.15, 0.2) is 0 Å². The average molecular weight is 437 g/mol. The summed E-state index contributed by atoms with van der Waals surface area (Å²) in [4.78, 5) is 21.0. The molecule has 1 unspecified atom stereocenters. The first kappa shape index (κ1) is 22.0. The van der Waals surface area contributed by atoms with Gasteiger partial charge in [0.2, 0.25) is 11.7 Å². The standard InChI is InChI=1S/C24H28N4O4/c1-17-25-23(26-32-17)20-10-6-9-19(13-20)22(15-28-12-11-21(29)14-28)27(2)24(30)31-16-18-7-4-3-5-8-18/h3-10,13,21-22,29H,11-12,14-16H2,1-2H3/t21-,22?/m1/s1. The molecule has 32 heavy (non-hydrogen) atoms. The molecule has 1 saturated heterocycles. The molecule has 0 saturated carbocycles. The number of carbonyl (C=O) groups is 1. The van der Waals surface area contributed by atoms with Crippen LogP contribution in [-0.4, -0.2) is 63.9 Å². The highest BCUT2D eigenvalue weighted by atomic mass is 16.6. The molecule has 0 aliphatic carbocycles. The number of benzene rings is 2. The topological polar surface area (TPSA) is 91.9 Å². The van der Waals surface area contributed by atoms with Crippen LogP contribution in [0.3, 0.4) is 0 Å². The van der Waals surface area contributed by atoms with E-state index in [0.29, 0.717) is 24.8 Å². The molecule has 2 aromatic carbocycles. The molecular weight excluding hydrogens is 408 g/mol.